The first-order valence-electron chi connectivity index (χ1n) is 6.32. The van der Waals surface area contributed by atoms with Crippen molar-refractivity contribution in [2.45, 2.75) is 6.04 Å². The number of anilines is 4. The molecule has 0 saturated heterocycles. The molecule has 0 bridgehead atoms. The van der Waals surface area contributed by atoms with Gasteiger partial charge in [-0.05, 0) is 18.2 Å². The average Bonchev–Trinajstić information content (AvgIpc) is 2.46. The topological polar surface area (TPSA) is 108 Å². The summed E-state index contributed by atoms with van der Waals surface area (Å²) in [7, 11) is 0. The fourth-order valence-electron chi connectivity index (χ4n) is 2.11. The van der Waals surface area contributed by atoms with Gasteiger partial charge in [-0.3, -0.25) is 4.79 Å². The molecule has 1 aliphatic rings. The van der Waals surface area contributed by atoms with Gasteiger partial charge in [-0.1, -0.05) is 12.1 Å². The van der Waals surface area contributed by atoms with Crippen LogP contribution in [0.25, 0.3) is 0 Å². The number of nitrogens with zero attached hydrogens (tertiary/aromatic N) is 1. The lowest BCUT2D eigenvalue weighted by Gasteiger charge is -2.27. The Morgan fingerprint density at radius 3 is 3.25 bits per heavy atom. The Morgan fingerprint density at radius 1 is 1.55 bits per heavy atom. The standard InChI is InChI=1S/C13H15N6O/c14-13-18-11-10(12(20)19-13)17-9(7-16-11)6-15-8-4-2-1-3-5-8/h1-2,4-5,9,15,17H,6-7H2,(H4,14,16,18,19,20). The van der Waals surface area contributed by atoms with E-state index in [1.807, 2.05) is 24.3 Å². The van der Waals surface area contributed by atoms with Crippen LogP contribution in [0.4, 0.5) is 23.1 Å². The second kappa shape index (κ2) is 5.12. The molecule has 7 heteroatoms. The normalized spacial score (nSPS) is 16.7. The first-order chi connectivity index (χ1) is 9.72. The molecular formula is C13H15N6O. The first-order valence-corrected chi connectivity index (χ1v) is 6.32. The van der Waals surface area contributed by atoms with Crippen LogP contribution in [0.1, 0.15) is 0 Å². The van der Waals surface area contributed by atoms with Crippen molar-refractivity contribution in [3.63, 3.8) is 0 Å². The molecule has 0 saturated carbocycles. The van der Waals surface area contributed by atoms with Crippen LogP contribution in [0, 0.1) is 6.07 Å². The summed E-state index contributed by atoms with van der Waals surface area (Å²) in [5.74, 6) is 0.700. The molecule has 1 aliphatic heterocycles. The number of nitrogens with two attached hydrogens (primary N) is 1. The molecule has 2 aromatic rings. The summed E-state index contributed by atoms with van der Waals surface area (Å²) in [4.78, 5) is 18.3. The van der Waals surface area contributed by atoms with Crippen molar-refractivity contribution in [1.82, 2.24) is 9.97 Å². The minimum atomic E-state index is -0.360. The van der Waals surface area contributed by atoms with Crippen molar-refractivity contribution in [3.8, 4) is 0 Å². The van der Waals surface area contributed by atoms with Crippen LogP contribution in [0.15, 0.2) is 29.1 Å². The van der Waals surface area contributed by atoms with Gasteiger partial charge in [-0.2, -0.15) is 4.98 Å². The SMILES string of the molecule is Nc1nc(=O)c2c([nH]1)NCC(CNc1c[c]ccc1)N2. The molecule has 0 amide bonds. The van der Waals surface area contributed by atoms with E-state index in [1.54, 1.807) is 0 Å². The number of rotatable bonds is 3. The van der Waals surface area contributed by atoms with Crippen molar-refractivity contribution in [1.29, 1.82) is 0 Å². The summed E-state index contributed by atoms with van der Waals surface area (Å²) in [6.45, 7) is 1.35. The molecule has 6 N–H and O–H groups in total. The molecule has 1 atom stereocenters. The lowest BCUT2D eigenvalue weighted by Crippen LogP contribution is -2.41. The largest absolute Gasteiger partial charge is 0.383 e. The number of benzene rings is 1. The molecular weight excluding hydrogens is 256 g/mol. The Kier molecular flexibility index (Phi) is 3.16. The number of H-pyrrole nitrogens is 1. The zero-order valence-electron chi connectivity index (χ0n) is 10.7. The second-order valence-electron chi connectivity index (χ2n) is 4.57. The van der Waals surface area contributed by atoms with E-state index in [2.05, 4.69) is 32.0 Å². The number of hydrogen-bond acceptors (Lipinski definition) is 6. The third kappa shape index (κ3) is 2.51. The van der Waals surface area contributed by atoms with E-state index in [0.717, 1.165) is 5.69 Å². The maximum Gasteiger partial charge on any atom is 0.300 e. The molecule has 7 nitrogen and oxygen atoms in total. The molecule has 1 aromatic carbocycles. The van der Waals surface area contributed by atoms with Gasteiger partial charge in [0.05, 0.1) is 6.04 Å². The van der Waals surface area contributed by atoms with E-state index in [-0.39, 0.29) is 17.5 Å². The van der Waals surface area contributed by atoms with Crippen molar-refractivity contribution in [2.24, 2.45) is 0 Å². The highest BCUT2D eigenvalue weighted by Crippen LogP contribution is 2.19. The summed E-state index contributed by atoms with van der Waals surface area (Å²) in [6, 6.07) is 10.7. The van der Waals surface area contributed by atoms with Crippen LogP contribution in [0.2, 0.25) is 0 Å². The lowest BCUT2D eigenvalue weighted by atomic mass is 10.2. The summed E-state index contributed by atoms with van der Waals surface area (Å²) in [5, 5.41) is 9.60. The van der Waals surface area contributed by atoms with E-state index in [9.17, 15) is 4.79 Å². The molecule has 1 aromatic heterocycles. The van der Waals surface area contributed by atoms with E-state index >= 15 is 0 Å². The lowest BCUT2D eigenvalue weighted by molar-refractivity contribution is 0.762. The second-order valence-corrected chi connectivity index (χ2v) is 4.57. The minimum absolute atomic E-state index is 0.0780. The number of nitrogen functional groups attached to an aromatic ring is 1. The van der Waals surface area contributed by atoms with Crippen molar-refractivity contribution in [2.75, 3.05) is 34.8 Å². The Labute approximate surface area is 115 Å². The van der Waals surface area contributed by atoms with Crippen LogP contribution in [0.5, 0.6) is 0 Å². The monoisotopic (exact) mass is 271 g/mol. The van der Waals surface area contributed by atoms with E-state index < -0.39 is 0 Å². The van der Waals surface area contributed by atoms with Gasteiger partial charge in [0.25, 0.3) is 5.56 Å². The number of aromatic nitrogens is 2. The molecule has 103 valence electrons. The van der Waals surface area contributed by atoms with Gasteiger partial charge >= 0.3 is 0 Å². The third-order valence-corrected chi connectivity index (χ3v) is 3.07. The predicted molar refractivity (Wildman–Crippen MR) is 78.9 cm³/mol. The van der Waals surface area contributed by atoms with Gasteiger partial charge in [0.1, 0.15) is 11.5 Å². The Bertz CT molecular complexity index is 654. The molecule has 3 rings (SSSR count). The highest BCUT2D eigenvalue weighted by atomic mass is 16.1. The number of aromatic amines is 1. The quantitative estimate of drug-likeness (QED) is 0.555. The Hall–Kier alpha value is -2.70. The smallest absolute Gasteiger partial charge is 0.300 e. The molecule has 0 fully saturated rings. The fraction of sp³-hybridized carbons (Fsp3) is 0.231. The van der Waals surface area contributed by atoms with Crippen molar-refractivity contribution in [3.05, 3.63) is 40.7 Å². The zero-order valence-corrected chi connectivity index (χ0v) is 10.7. The average molecular weight is 271 g/mol. The molecule has 1 radical (unpaired) electrons. The van der Waals surface area contributed by atoms with Crippen LogP contribution in [0.3, 0.4) is 0 Å². The summed E-state index contributed by atoms with van der Waals surface area (Å²) in [6.07, 6.45) is 0. The van der Waals surface area contributed by atoms with E-state index in [0.29, 0.717) is 24.6 Å². The summed E-state index contributed by atoms with van der Waals surface area (Å²) >= 11 is 0. The van der Waals surface area contributed by atoms with Gasteiger partial charge in [0.15, 0.2) is 0 Å². The van der Waals surface area contributed by atoms with Gasteiger partial charge in [-0.15, -0.1) is 0 Å². The van der Waals surface area contributed by atoms with Crippen LogP contribution < -0.4 is 27.2 Å². The first kappa shape index (κ1) is 12.3. The zero-order chi connectivity index (χ0) is 13.9. The predicted octanol–water partition coefficient (Wildman–Crippen LogP) is 0.470. The van der Waals surface area contributed by atoms with Gasteiger partial charge in [0.2, 0.25) is 5.95 Å². The van der Waals surface area contributed by atoms with E-state index in [1.165, 1.54) is 0 Å². The fourth-order valence-corrected chi connectivity index (χ4v) is 2.11. The Balaban J connectivity index is 1.68. The minimum Gasteiger partial charge on any atom is -0.383 e. The van der Waals surface area contributed by atoms with Gasteiger partial charge < -0.3 is 26.7 Å². The van der Waals surface area contributed by atoms with E-state index in [4.69, 9.17) is 5.73 Å². The van der Waals surface area contributed by atoms with Crippen LogP contribution in [-0.2, 0) is 0 Å². The van der Waals surface area contributed by atoms with Crippen molar-refractivity contribution < 1.29 is 0 Å². The Morgan fingerprint density at radius 2 is 2.45 bits per heavy atom. The summed E-state index contributed by atoms with van der Waals surface area (Å²) < 4.78 is 0. The van der Waals surface area contributed by atoms with Crippen LogP contribution in [-0.4, -0.2) is 29.1 Å². The highest BCUT2D eigenvalue weighted by molar-refractivity contribution is 5.67. The maximum absolute atomic E-state index is 11.8. The number of fused-ring (bicyclic) bond motifs is 1. The highest BCUT2D eigenvalue weighted by Gasteiger charge is 2.20. The van der Waals surface area contributed by atoms with Gasteiger partial charge in [-0.25, -0.2) is 0 Å². The maximum atomic E-state index is 11.8. The third-order valence-electron chi connectivity index (χ3n) is 3.07. The molecule has 20 heavy (non-hydrogen) atoms. The van der Waals surface area contributed by atoms with Crippen LogP contribution >= 0.6 is 0 Å². The van der Waals surface area contributed by atoms with Gasteiger partial charge in [0, 0.05) is 18.8 Å². The number of hydrogen-bond donors (Lipinski definition) is 5. The summed E-state index contributed by atoms with van der Waals surface area (Å²) in [5.41, 5.74) is 6.56. The molecule has 1 unspecified atom stereocenters. The molecule has 0 aliphatic carbocycles. The molecule has 2 heterocycles. The van der Waals surface area contributed by atoms with Crippen molar-refractivity contribution >= 4 is 23.1 Å². The molecule has 0 spiro atoms. The number of nitrogens with one attached hydrogen (secondary N) is 4.